The fourth-order valence-electron chi connectivity index (χ4n) is 4.34. The first kappa shape index (κ1) is 24.5. The number of ether oxygens (including phenoxy) is 1. The SMILES string of the molecule is Cc1cccc(C(=O)NCCCc2nc3ccccc3n2CCCCOc2cccc(C)c2C)c1. The van der Waals surface area contributed by atoms with Crippen molar-refractivity contribution in [3.63, 3.8) is 0 Å². The number of para-hydroxylation sites is 2. The normalized spacial score (nSPS) is 11.1. The number of nitrogens with one attached hydrogen (secondary N) is 1. The lowest BCUT2D eigenvalue weighted by Gasteiger charge is -2.12. The van der Waals surface area contributed by atoms with E-state index in [1.54, 1.807) is 0 Å². The molecular formula is C30H35N3O2. The Balaban J connectivity index is 1.30. The number of amides is 1. The predicted molar refractivity (Wildman–Crippen MR) is 142 cm³/mol. The number of unbranched alkanes of at least 4 members (excludes halogenated alkanes) is 1. The monoisotopic (exact) mass is 469 g/mol. The van der Waals surface area contributed by atoms with Crippen LogP contribution in [0.15, 0.2) is 66.7 Å². The summed E-state index contributed by atoms with van der Waals surface area (Å²) in [7, 11) is 0. The zero-order chi connectivity index (χ0) is 24.6. The highest BCUT2D eigenvalue weighted by molar-refractivity contribution is 5.94. The van der Waals surface area contributed by atoms with Gasteiger partial charge in [-0.15, -0.1) is 0 Å². The van der Waals surface area contributed by atoms with Crippen LogP contribution in [0.25, 0.3) is 11.0 Å². The Morgan fingerprint density at radius 3 is 2.63 bits per heavy atom. The van der Waals surface area contributed by atoms with E-state index in [0.29, 0.717) is 18.7 Å². The molecule has 0 bridgehead atoms. The highest BCUT2D eigenvalue weighted by atomic mass is 16.5. The number of hydrogen-bond donors (Lipinski definition) is 1. The number of hydrogen-bond acceptors (Lipinski definition) is 3. The van der Waals surface area contributed by atoms with E-state index in [1.165, 1.54) is 16.6 Å². The van der Waals surface area contributed by atoms with Gasteiger partial charge in [0.15, 0.2) is 0 Å². The maximum Gasteiger partial charge on any atom is 0.251 e. The molecule has 0 fully saturated rings. The van der Waals surface area contributed by atoms with Crippen molar-refractivity contribution in [1.82, 2.24) is 14.9 Å². The average molecular weight is 470 g/mol. The largest absolute Gasteiger partial charge is 0.493 e. The van der Waals surface area contributed by atoms with Gasteiger partial charge >= 0.3 is 0 Å². The molecule has 1 aromatic heterocycles. The Kier molecular flexibility index (Phi) is 8.19. The molecule has 0 aliphatic heterocycles. The second-order valence-corrected chi connectivity index (χ2v) is 9.15. The molecule has 1 N–H and O–H groups in total. The highest BCUT2D eigenvalue weighted by Gasteiger charge is 2.11. The highest BCUT2D eigenvalue weighted by Crippen LogP contribution is 2.21. The number of nitrogens with zero attached hydrogens (tertiary/aromatic N) is 2. The van der Waals surface area contributed by atoms with E-state index in [-0.39, 0.29) is 5.91 Å². The Bertz CT molecular complexity index is 1290. The van der Waals surface area contributed by atoms with E-state index >= 15 is 0 Å². The van der Waals surface area contributed by atoms with Crippen molar-refractivity contribution in [1.29, 1.82) is 0 Å². The average Bonchev–Trinajstić information content (AvgIpc) is 3.21. The van der Waals surface area contributed by atoms with Gasteiger partial charge in [0, 0.05) is 25.1 Å². The molecule has 0 spiro atoms. The van der Waals surface area contributed by atoms with Crippen LogP contribution in [-0.4, -0.2) is 28.6 Å². The first-order valence-corrected chi connectivity index (χ1v) is 12.5. The van der Waals surface area contributed by atoms with Crippen molar-refractivity contribution in [2.24, 2.45) is 0 Å². The van der Waals surface area contributed by atoms with Gasteiger partial charge in [-0.2, -0.15) is 0 Å². The fourth-order valence-corrected chi connectivity index (χ4v) is 4.34. The van der Waals surface area contributed by atoms with E-state index < -0.39 is 0 Å². The molecule has 1 heterocycles. The van der Waals surface area contributed by atoms with Gasteiger partial charge in [-0.05, 0) is 81.5 Å². The Morgan fingerprint density at radius 2 is 1.77 bits per heavy atom. The zero-order valence-electron chi connectivity index (χ0n) is 21.0. The van der Waals surface area contributed by atoms with Crippen LogP contribution in [-0.2, 0) is 13.0 Å². The van der Waals surface area contributed by atoms with Gasteiger partial charge in [0.05, 0.1) is 17.6 Å². The molecule has 5 heteroatoms. The number of aromatic nitrogens is 2. The van der Waals surface area contributed by atoms with E-state index in [9.17, 15) is 4.79 Å². The van der Waals surface area contributed by atoms with Crippen LogP contribution < -0.4 is 10.1 Å². The molecule has 3 aromatic carbocycles. The molecule has 4 rings (SSSR count). The summed E-state index contributed by atoms with van der Waals surface area (Å²) in [6.45, 7) is 8.45. The van der Waals surface area contributed by atoms with Gasteiger partial charge in [0.1, 0.15) is 11.6 Å². The minimum Gasteiger partial charge on any atom is -0.493 e. The second kappa shape index (κ2) is 11.7. The van der Waals surface area contributed by atoms with Gasteiger partial charge in [0.25, 0.3) is 5.91 Å². The van der Waals surface area contributed by atoms with E-state index in [2.05, 4.69) is 48.0 Å². The molecule has 0 atom stereocenters. The lowest BCUT2D eigenvalue weighted by Crippen LogP contribution is -2.25. The van der Waals surface area contributed by atoms with Crippen LogP contribution >= 0.6 is 0 Å². The van der Waals surface area contributed by atoms with Crippen LogP contribution in [0.2, 0.25) is 0 Å². The van der Waals surface area contributed by atoms with Crippen LogP contribution in [0.4, 0.5) is 0 Å². The number of rotatable bonds is 11. The number of aryl methyl sites for hydroxylation is 4. The quantitative estimate of drug-likeness (QED) is 0.267. The third-order valence-electron chi connectivity index (χ3n) is 6.47. The minimum atomic E-state index is -0.0222. The summed E-state index contributed by atoms with van der Waals surface area (Å²) in [6.07, 6.45) is 3.66. The summed E-state index contributed by atoms with van der Waals surface area (Å²) in [5.41, 5.74) is 6.46. The van der Waals surface area contributed by atoms with E-state index in [1.807, 2.05) is 49.4 Å². The molecular weight excluding hydrogens is 434 g/mol. The van der Waals surface area contributed by atoms with Crippen molar-refractivity contribution in [3.05, 3.63) is 94.8 Å². The molecule has 0 saturated heterocycles. The molecule has 0 aliphatic carbocycles. The summed E-state index contributed by atoms with van der Waals surface area (Å²) < 4.78 is 8.36. The number of benzene rings is 3. The Labute approximate surface area is 208 Å². The van der Waals surface area contributed by atoms with Crippen molar-refractivity contribution < 1.29 is 9.53 Å². The summed E-state index contributed by atoms with van der Waals surface area (Å²) in [4.78, 5) is 17.3. The van der Waals surface area contributed by atoms with Crippen LogP contribution in [0.3, 0.4) is 0 Å². The lowest BCUT2D eigenvalue weighted by molar-refractivity contribution is 0.0953. The zero-order valence-corrected chi connectivity index (χ0v) is 21.0. The minimum absolute atomic E-state index is 0.0222. The van der Waals surface area contributed by atoms with Gasteiger partial charge in [0.2, 0.25) is 0 Å². The molecule has 35 heavy (non-hydrogen) atoms. The third-order valence-corrected chi connectivity index (χ3v) is 6.47. The maximum absolute atomic E-state index is 12.4. The first-order valence-electron chi connectivity index (χ1n) is 12.5. The number of carbonyl (C=O) groups excluding carboxylic acids is 1. The van der Waals surface area contributed by atoms with Crippen molar-refractivity contribution >= 4 is 16.9 Å². The number of fused-ring (bicyclic) bond motifs is 1. The van der Waals surface area contributed by atoms with Crippen LogP contribution in [0.1, 0.15) is 52.1 Å². The van der Waals surface area contributed by atoms with Crippen molar-refractivity contribution in [2.75, 3.05) is 13.2 Å². The molecule has 1 amide bonds. The summed E-state index contributed by atoms with van der Waals surface area (Å²) in [5.74, 6) is 2.03. The number of imidazole rings is 1. The fraction of sp³-hybridized carbons (Fsp3) is 0.333. The van der Waals surface area contributed by atoms with Gasteiger partial charge in [-0.1, -0.05) is 42.0 Å². The molecule has 182 valence electrons. The predicted octanol–water partition coefficient (Wildman–Crippen LogP) is 6.18. The Morgan fingerprint density at radius 1 is 0.943 bits per heavy atom. The molecule has 4 aromatic rings. The summed E-state index contributed by atoms with van der Waals surface area (Å²) in [6, 6.07) is 22.2. The summed E-state index contributed by atoms with van der Waals surface area (Å²) >= 11 is 0. The summed E-state index contributed by atoms with van der Waals surface area (Å²) in [5, 5.41) is 3.04. The third kappa shape index (κ3) is 6.30. The lowest BCUT2D eigenvalue weighted by atomic mass is 10.1. The van der Waals surface area contributed by atoms with Gasteiger partial charge in [-0.3, -0.25) is 4.79 Å². The van der Waals surface area contributed by atoms with E-state index in [4.69, 9.17) is 9.72 Å². The number of carbonyl (C=O) groups is 1. The maximum atomic E-state index is 12.4. The molecule has 0 saturated carbocycles. The molecule has 5 nitrogen and oxygen atoms in total. The Hall–Kier alpha value is -3.60. The first-order chi connectivity index (χ1) is 17.0. The molecule has 0 radical (unpaired) electrons. The van der Waals surface area contributed by atoms with Gasteiger partial charge in [-0.25, -0.2) is 4.98 Å². The van der Waals surface area contributed by atoms with Crippen molar-refractivity contribution in [2.45, 2.75) is 53.0 Å². The van der Waals surface area contributed by atoms with Crippen LogP contribution in [0, 0.1) is 20.8 Å². The molecule has 0 aliphatic rings. The topological polar surface area (TPSA) is 56.2 Å². The van der Waals surface area contributed by atoms with Gasteiger partial charge < -0.3 is 14.6 Å². The van der Waals surface area contributed by atoms with E-state index in [0.717, 1.165) is 54.9 Å². The van der Waals surface area contributed by atoms with Crippen LogP contribution in [0.5, 0.6) is 5.75 Å². The standard InChI is InChI=1S/C30H35N3O2/c1-22-11-8-13-25(21-22)30(34)31-18-10-17-29-32-26-14-4-5-15-27(26)33(29)19-6-7-20-35-28-16-9-12-23(2)24(28)3/h4-5,8-9,11-16,21H,6-7,10,17-20H2,1-3H3,(H,31,34). The second-order valence-electron chi connectivity index (χ2n) is 9.15. The smallest absolute Gasteiger partial charge is 0.251 e. The van der Waals surface area contributed by atoms with Crippen molar-refractivity contribution in [3.8, 4) is 5.75 Å². The molecule has 0 unspecified atom stereocenters.